The Morgan fingerprint density at radius 2 is 1.76 bits per heavy atom. The van der Waals surface area contributed by atoms with E-state index in [1.165, 1.54) is 0 Å². The zero-order valence-corrected chi connectivity index (χ0v) is 11.7. The van der Waals surface area contributed by atoms with Crippen LogP contribution in [0.15, 0.2) is 54.6 Å². The van der Waals surface area contributed by atoms with Crippen molar-refractivity contribution in [3.05, 3.63) is 66.0 Å². The van der Waals surface area contributed by atoms with Crippen molar-refractivity contribution in [1.29, 1.82) is 0 Å². The number of nitrogens with one attached hydrogen (secondary N) is 1. The smallest absolute Gasteiger partial charge is 0.184 e. The quantitative estimate of drug-likeness (QED) is 0.770. The largest absolute Gasteiger partial charge is 0.496 e. The number of methoxy groups -OCH3 is 1. The predicted octanol–water partition coefficient (Wildman–Crippen LogP) is 2.53. The average Bonchev–Trinajstić information content (AvgIpc) is 3.04. The van der Waals surface area contributed by atoms with Crippen LogP contribution in [-0.4, -0.2) is 22.3 Å². The molecule has 0 aliphatic carbocycles. The minimum Gasteiger partial charge on any atom is -0.496 e. The maximum Gasteiger partial charge on any atom is 0.184 e. The van der Waals surface area contributed by atoms with Crippen LogP contribution in [0.2, 0.25) is 0 Å². The van der Waals surface area contributed by atoms with Crippen LogP contribution in [0.1, 0.15) is 17.4 Å². The van der Waals surface area contributed by atoms with Crippen LogP contribution < -0.4 is 10.5 Å². The van der Waals surface area contributed by atoms with Gasteiger partial charge in [-0.2, -0.15) is 5.10 Å². The van der Waals surface area contributed by atoms with Gasteiger partial charge >= 0.3 is 0 Å². The highest BCUT2D eigenvalue weighted by Gasteiger charge is 2.16. The fourth-order valence-electron chi connectivity index (χ4n) is 2.18. The molecule has 0 amide bonds. The molecule has 2 aromatic carbocycles. The lowest BCUT2D eigenvalue weighted by atomic mass is 10.1. The van der Waals surface area contributed by atoms with Crippen molar-refractivity contribution in [3.63, 3.8) is 0 Å². The molecule has 0 unspecified atom stereocenters. The molecule has 0 aliphatic heterocycles. The first-order valence-corrected chi connectivity index (χ1v) is 6.66. The van der Waals surface area contributed by atoms with Gasteiger partial charge in [-0.25, -0.2) is 4.98 Å². The lowest BCUT2D eigenvalue weighted by Gasteiger charge is -2.07. The van der Waals surface area contributed by atoms with Crippen LogP contribution in [0.3, 0.4) is 0 Å². The van der Waals surface area contributed by atoms with Crippen molar-refractivity contribution < 1.29 is 4.74 Å². The molecule has 1 heterocycles. The molecule has 21 heavy (non-hydrogen) atoms. The second-order valence-electron chi connectivity index (χ2n) is 4.63. The number of nitrogens with zero attached hydrogens (tertiary/aromatic N) is 2. The van der Waals surface area contributed by atoms with Crippen LogP contribution in [0.5, 0.6) is 5.75 Å². The Balaban J connectivity index is 1.93. The van der Waals surface area contributed by atoms with Crippen LogP contribution in [0.25, 0.3) is 11.4 Å². The molecule has 0 radical (unpaired) electrons. The topological polar surface area (TPSA) is 76.8 Å². The minimum atomic E-state index is -0.331. The van der Waals surface area contributed by atoms with Crippen LogP contribution in [0.4, 0.5) is 0 Å². The Morgan fingerprint density at radius 3 is 2.52 bits per heavy atom. The molecule has 0 saturated heterocycles. The van der Waals surface area contributed by atoms with E-state index in [0.29, 0.717) is 11.6 Å². The Hall–Kier alpha value is -2.66. The lowest BCUT2D eigenvalue weighted by Crippen LogP contribution is -2.13. The number of H-pyrrole nitrogens is 1. The highest BCUT2D eigenvalue weighted by atomic mass is 16.5. The predicted molar refractivity (Wildman–Crippen MR) is 80.8 cm³/mol. The number of hydrogen-bond acceptors (Lipinski definition) is 4. The molecule has 3 N–H and O–H groups in total. The van der Waals surface area contributed by atoms with E-state index in [-0.39, 0.29) is 6.04 Å². The molecule has 1 atom stereocenters. The van der Waals surface area contributed by atoms with Gasteiger partial charge in [0.2, 0.25) is 0 Å². The summed E-state index contributed by atoms with van der Waals surface area (Å²) in [7, 11) is 1.63. The van der Waals surface area contributed by atoms with E-state index in [1.54, 1.807) is 7.11 Å². The summed E-state index contributed by atoms with van der Waals surface area (Å²) in [5.74, 6) is 1.94. The third-order valence-electron chi connectivity index (χ3n) is 3.30. The maximum absolute atomic E-state index is 6.21. The molecule has 5 nitrogen and oxygen atoms in total. The number of para-hydroxylation sites is 1. The second kappa shape index (κ2) is 5.76. The fraction of sp³-hybridized carbons (Fsp3) is 0.125. The average molecular weight is 280 g/mol. The van der Waals surface area contributed by atoms with Crippen molar-refractivity contribution >= 4 is 0 Å². The molecule has 0 saturated carbocycles. The molecule has 0 fully saturated rings. The second-order valence-corrected chi connectivity index (χ2v) is 4.63. The number of ether oxygens (including phenoxy) is 1. The van der Waals surface area contributed by atoms with Gasteiger partial charge in [-0.05, 0) is 17.7 Å². The molecule has 0 bridgehead atoms. The van der Waals surface area contributed by atoms with E-state index >= 15 is 0 Å². The molecule has 0 spiro atoms. The number of benzene rings is 2. The molecule has 0 aliphatic rings. The first-order valence-electron chi connectivity index (χ1n) is 6.66. The summed E-state index contributed by atoms with van der Waals surface area (Å²) in [6, 6.07) is 17.1. The first kappa shape index (κ1) is 13.3. The van der Waals surface area contributed by atoms with Crippen molar-refractivity contribution in [1.82, 2.24) is 15.2 Å². The van der Waals surface area contributed by atoms with E-state index in [1.807, 2.05) is 54.6 Å². The third kappa shape index (κ3) is 2.64. The highest BCUT2D eigenvalue weighted by molar-refractivity contribution is 5.63. The van der Waals surface area contributed by atoms with Crippen molar-refractivity contribution in [3.8, 4) is 17.1 Å². The maximum atomic E-state index is 6.21. The van der Waals surface area contributed by atoms with Crippen LogP contribution >= 0.6 is 0 Å². The fourth-order valence-corrected chi connectivity index (χ4v) is 2.18. The molecule has 1 aromatic heterocycles. The highest BCUT2D eigenvalue weighted by Crippen LogP contribution is 2.27. The monoisotopic (exact) mass is 280 g/mol. The number of aromatic nitrogens is 3. The third-order valence-corrected chi connectivity index (χ3v) is 3.30. The Labute approximate surface area is 122 Å². The standard InChI is InChI=1S/C16H16N4O/c1-21-13-10-6-5-9-12(13)15-18-16(20-19-15)14(17)11-7-3-2-4-8-11/h2-10,14H,17H2,1H3,(H,18,19,20)/t14-/m1/s1. The molecule has 3 aromatic rings. The van der Waals surface area contributed by atoms with Crippen molar-refractivity contribution in [2.75, 3.05) is 7.11 Å². The normalized spacial score (nSPS) is 12.1. The van der Waals surface area contributed by atoms with E-state index in [0.717, 1.165) is 16.9 Å². The lowest BCUT2D eigenvalue weighted by molar-refractivity contribution is 0.416. The molecule has 5 heteroatoms. The van der Waals surface area contributed by atoms with Crippen molar-refractivity contribution in [2.24, 2.45) is 5.73 Å². The minimum absolute atomic E-state index is 0.331. The van der Waals surface area contributed by atoms with Crippen LogP contribution in [0, 0.1) is 0 Å². The molecule has 3 rings (SSSR count). The molecule has 106 valence electrons. The van der Waals surface area contributed by atoms with Gasteiger partial charge in [0.15, 0.2) is 5.82 Å². The van der Waals surface area contributed by atoms with Gasteiger partial charge in [-0.15, -0.1) is 0 Å². The van der Waals surface area contributed by atoms with Crippen molar-refractivity contribution in [2.45, 2.75) is 6.04 Å². The SMILES string of the molecule is COc1ccccc1-c1n[nH]c([C@H](N)c2ccccc2)n1. The number of rotatable bonds is 4. The Morgan fingerprint density at radius 1 is 1.05 bits per heavy atom. The van der Waals surface area contributed by atoms with E-state index in [4.69, 9.17) is 10.5 Å². The summed E-state index contributed by atoms with van der Waals surface area (Å²) in [6.07, 6.45) is 0. The van der Waals surface area contributed by atoms with Gasteiger partial charge < -0.3 is 10.5 Å². The summed E-state index contributed by atoms with van der Waals surface area (Å²) in [5.41, 5.74) is 8.04. The number of nitrogens with two attached hydrogens (primary N) is 1. The molecular weight excluding hydrogens is 264 g/mol. The van der Waals surface area contributed by atoms with Gasteiger partial charge in [-0.3, -0.25) is 5.10 Å². The summed E-state index contributed by atoms with van der Waals surface area (Å²) in [5, 5.41) is 7.16. The Kier molecular flexibility index (Phi) is 3.66. The summed E-state index contributed by atoms with van der Waals surface area (Å²) >= 11 is 0. The zero-order valence-electron chi connectivity index (χ0n) is 11.7. The van der Waals surface area contributed by atoms with E-state index in [2.05, 4.69) is 15.2 Å². The summed E-state index contributed by atoms with van der Waals surface area (Å²) in [6.45, 7) is 0. The van der Waals surface area contributed by atoms with Gasteiger partial charge in [0.05, 0.1) is 18.7 Å². The van der Waals surface area contributed by atoms with Gasteiger partial charge in [0, 0.05) is 0 Å². The first-order chi connectivity index (χ1) is 10.3. The molecular formula is C16H16N4O. The Bertz CT molecular complexity index is 724. The number of aromatic amines is 1. The van der Waals surface area contributed by atoms with E-state index < -0.39 is 0 Å². The zero-order chi connectivity index (χ0) is 14.7. The number of hydrogen-bond donors (Lipinski definition) is 2. The summed E-state index contributed by atoms with van der Waals surface area (Å²) in [4.78, 5) is 4.49. The van der Waals surface area contributed by atoms with Gasteiger partial charge in [-0.1, -0.05) is 42.5 Å². The summed E-state index contributed by atoms with van der Waals surface area (Å²) < 4.78 is 5.33. The van der Waals surface area contributed by atoms with E-state index in [9.17, 15) is 0 Å². The van der Waals surface area contributed by atoms with Gasteiger partial charge in [0.25, 0.3) is 0 Å². The van der Waals surface area contributed by atoms with Crippen LogP contribution in [-0.2, 0) is 0 Å². The van der Waals surface area contributed by atoms with Gasteiger partial charge in [0.1, 0.15) is 11.6 Å².